The Morgan fingerprint density at radius 1 is 0.731 bits per heavy atom. The first-order chi connectivity index (χ1) is 12.7. The van der Waals surface area contributed by atoms with Gasteiger partial charge in [0.15, 0.2) is 0 Å². The minimum atomic E-state index is -0.345. The summed E-state index contributed by atoms with van der Waals surface area (Å²) in [6.45, 7) is 0. The second-order valence-electron chi connectivity index (χ2n) is 5.99. The van der Waals surface area contributed by atoms with Gasteiger partial charge in [0.25, 0.3) is 0 Å². The summed E-state index contributed by atoms with van der Waals surface area (Å²) in [5.74, 6) is 0.219. The van der Waals surface area contributed by atoms with Crippen molar-refractivity contribution in [2.45, 2.75) is 0 Å². The van der Waals surface area contributed by atoms with Crippen LogP contribution in [0.2, 0.25) is 5.02 Å². The Balaban J connectivity index is 1.60. The van der Waals surface area contributed by atoms with Gasteiger partial charge in [-0.3, -0.25) is 0 Å². The van der Waals surface area contributed by atoms with Crippen LogP contribution in [0.15, 0.2) is 90.5 Å². The van der Waals surface area contributed by atoms with Gasteiger partial charge in [-0.15, -0.1) is 0 Å². The van der Waals surface area contributed by atoms with Gasteiger partial charge in [0.2, 0.25) is 0 Å². The van der Waals surface area contributed by atoms with Crippen LogP contribution in [0.4, 0.5) is 0 Å². The fourth-order valence-electron chi connectivity index (χ4n) is 2.83. The molecule has 0 aromatic heterocycles. The summed E-state index contributed by atoms with van der Waals surface area (Å²) in [6, 6.07) is 25.5. The highest BCUT2D eigenvalue weighted by Crippen LogP contribution is 2.29. The molecule has 1 aliphatic heterocycles. The normalized spacial score (nSPS) is 15.0. The van der Waals surface area contributed by atoms with Crippen molar-refractivity contribution in [3.63, 3.8) is 0 Å². The maximum Gasteiger partial charge on any atom is 0.343 e. The SMILES string of the molecule is O=C1OC(c2ccc(-c3ccccc3)cc2)=C/C1=C\c1ccc(Cl)cc1. The topological polar surface area (TPSA) is 26.3 Å². The zero-order valence-corrected chi connectivity index (χ0v) is 14.6. The maximum atomic E-state index is 12.1. The van der Waals surface area contributed by atoms with E-state index >= 15 is 0 Å². The van der Waals surface area contributed by atoms with E-state index in [2.05, 4.69) is 12.1 Å². The lowest BCUT2D eigenvalue weighted by Gasteiger charge is -2.04. The molecule has 0 radical (unpaired) electrons. The number of carbonyl (C=O) groups is 1. The Hall–Kier alpha value is -3.10. The summed E-state index contributed by atoms with van der Waals surface area (Å²) in [6.07, 6.45) is 3.57. The van der Waals surface area contributed by atoms with Crippen LogP contribution >= 0.6 is 11.6 Å². The van der Waals surface area contributed by atoms with Crippen molar-refractivity contribution in [2.75, 3.05) is 0 Å². The minimum Gasteiger partial charge on any atom is -0.422 e. The molecular formula is C23H15ClO2. The average Bonchev–Trinajstić information content (AvgIpc) is 3.05. The number of carbonyl (C=O) groups excluding carboxylic acids is 1. The molecule has 1 aliphatic rings. The van der Waals surface area contributed by atoms with E-state index in [0.29, 0.717) is 16.4 Å². The molecule has 1 heterocycles. The van der Waals surface area contributed by atoms with Gasteiger partial charge in [-0.1, -0.05) is 78.3 Å². The Morgan fingerprint density at radius 3 is 2.04 bits per heavy atom. The molecule has 0 saturated heterocycles. The van der Waals surface area contributed by atoms with E-state index in [1.54, 1.807) is 24.3 Å². The van der Waals surface area contributed by atoms with Gasteiger partial charge < -0.3 is 4.74 Å². The number of halogens is 1. The van der Waals surface area contributed by atoms with Gasteiger partial charge in [0.05, 0.1) is 5.57 Å². The number of esters is 1. The average molecular weight is 359 g/mol. The van der Waals surface area contributed by atoms with Crippen molar-refractivity contribution in [2.24, 2.45) is 0 Å². The van der Waals surface area contributed by atoms with Crippen LogP contribution in [0.1, 0.15) is 11.1 Å². The summed E-state index contributed by atoms with van der Waals surface area (Å²) in [5, 5.41) is 0.663. The highest BCUT2D eigenvalue weighted by atomic mass is 35.5. The Kier molecular flexibility index (Phi) is 4.42. The third-order valence-electron chi connectivity index (χ3n) is 4.19. The number of cyclic esters (lactones) is 1. The first-order valence-electron chi connectivity index (χ1n) is 8.26. The Morgan fingerprint density at radius 2 is 1.35 bits per heavy atom. The fraction of sp³-hybridized carbons (Fsp3) is 0. The van der Waals surface area contributed by atoms with Crippen LogP contribution in [0, 0.1) is 0 Å². The van der Waals surface area contributed by atoms with Crippen LogP contribution in [0.3, 0.4) is 0 Å². The predicted molar refractivity (Wildman–Crippen MR) is 105 cm³/mol. The van der Waals surface area contributed by atoms with Crippen LogP contribution in [0.5, 0.6) is 0 Å². The number of hydrogen-bond acceptors (Lipinski definition) is 2. The van der Waals surface area contributed by atoms with E-state index in [1.165, 1.54) is 0 Å². The smallest absolute Gasteiger partial charge is 0.343 e. The van der Waals surface area contributed by atoms with Gasteiger partial charge in [-0.25, -0.2) is 4.79 Å². The third kappa shape index (κ3) is 3.46. The molecule has 4 rings (SSSR count). The molecule has 126 valence electrons. The summed E-state index contributed by atoms with van der Waals surface area (Å²) >= 11 is 5.89. The van der Waals surface area contributed by atoms with Gasteiger partial charge in [0, 0.05) is 10.6 Å². The van der Waals surface area contributed by atoms with Crippen LogP contribution in [0.25, 0.3) is 23.0 Å². The van der Waals surface area contributed by atoms with Gasteiger partial charge in [-0.2, -0.15) is 0 Å². The van der Waals surface area contributed by atoms with E-state index in [4.69, 9.17) is 16.3 Å². The Bertz CT molecular complexity index is 998. The molecule has 2 nitrogen and oxygen atoms in total. The minimum absolute atomic E-state index is 0.345. The zero-order chi connectivity index (χ0) is 17.9. The highest BCUT2D eigenvalue weighted by molar-refractivity contribution is 6.30. The van der Waals surface area contributed by atoms with Crippen molar-refractivity contribution in [1.29, 1.82) is 0 Å². The molecule has 3 heteroatoms. The van der Waals surface area contributed by atoms with Crippen LogP contribution < -0.4 is 0 Å². The third-order valence-corrected chi connectivity index (χ3v) is 4.45. The number of hydrogen-bond donors (Lipinski definition) is 0. The van der Waals surface area contributed by atoms with Crippen molar-refractivity contribution in [3.05, 3.63) is 107 Å². The molecule has 26 heavy (non-hydrogen) atoms. The standard InChI is InChI=1S/C23H15ClO2/c24-21-12-6-16(7-13-21)14-20-15-22(26-23(20)25)19-10-8-18(9-11-19)17-4-2-1-3-5-17/h1-15H/b20-14+. The first kappa shape index (κ1) is 16.4. The van der Waals surface area contributed by atoms with Gasteiger partial charge in [0.1, 0.15) is 5.76 Å². The second-order valence-corrected chi connectivity index (χ2v) is 6.43. The lowest BCUT2D eigenvalue weighted by molar-refractivity contribution is -0.130. The fourth-order valence-corrected chi connectivity index (χ4v) is 2.95. The second kappa shape index (κ2) is 7.03. The molecule has 0 N–H and O–H groups in total. The van der Waals surface area contributed by atoms with E-state index in [-0.39, 0.29) is 5.97 Å². The van der Waals surface area contributed by atoms with Crippen molar-refractivity contribution >= 4 is 29.4 Å². The lowest BCUT2D eigenvalue weighted by Crippen LogP contribution is -1.97. The van der Waals surface area contributed by atoms with E-state index in [0.717, 1.165) is 22.3 Å². The lowest BCUT2D eigenvalue weighted by atomic mass is 10.0. The first-order valence-corrected chi connectivity index (χ1v) is 8.64. The molecule has 0 saturated carbocycles. The number of benzene rings is 3. The zero-order valence-electron chi connectivity index (χ0n) is 13.9. The van der Waals surface area contributed by atoms with Crippen LogP contribution in [-0.4, -0.2) is 5.97 Å². The van der Waals surface area contributed by atoms with Gasteiger partial charge >= 0.3 is 5.97 Å². The summed E-state index contributed by atoms with van der Waals surface area (Å²) < 4.78 is 5.43. The largest absolute Gasteiger partial charge is 0.422 e. The molecule has 0 atom stereocenters. The summed E-state index contributed by atoms with van der Waals surface area (Å²) in [4.78, 5) is 12.1. The van der Waals surface area contributed by atoms with Crippen molar-refractivity contribution in [3.8, 4) is 11.1 Å². The Labute approximate surface area is 157 Å². The molecule has 0 spiro atoms. The molecule has 0 amide bonds. The maximum absolute atomic E-state index is 12.1. The molecule has 3 aromatic rings. The van der Waals surface area contributed by atoms with Crippen molar-refractivity contribution in [1.82, 2.24) is 0 Å². The molecule has 3 aromatic carbocycles. The summed E-state index contributed by atoms with van der Waals surface area (Å²) in [5.41, 5.74) is 4.57. The van der Waals surface area contributed by atoms with E-state index < -0.39 is 0 Å². The van der Waals surface area contributed by atoms with Crippen molar-refractivity contribution < 1.29 is 9.53 Å². The molecular weight excluding hydrogens is 344 g/mol. The molecule has 0 unspecified atom stereocenters. The molecule has 0 fully saturated rings. The molecule has 0 bridgehead atoms. The highest BCUT2D eigenvalue weighted by Gasteiger charge is 2.21. The number of ether oxygens (including phenoxy) is 1. The van der Waals surface area contributed by atoms with Gasteiger partial charge in [-0.05, 0) is 41.0 Å². The number of rotatable bonds is 3. The summed E-state index contributed by atoms with van der Waals surface area (Å²) in [7, 11) is 0. The van der Waals surface area contributed by atoms with E-state index in [1.807, 2.05) is 54.6 Å². The van der Waals surface area contributed by atoms with Crippen LogP contribution in [-0.2, 0) is 9.53 Å². The monoisotopic (exact) mass is 358 g/mol. The van der Waals surface area contributed by atoms with E-state index in [9.17, 15) is 4.79 Å². The molecule has 0 aliphatic carbocycles. The quantitative estimate of drug-likeness (QED) is 0.424. The predicted octanol–water partition coefficient (Wildman–Crippen LogP) is 5.99.